The van der Waals surface area contributed by atoms with E-state index in [1.807, 2.05) is 35.3 Å². The second-order valence-electron chi connectivity index (χ2n) is 3.97. The zero-order valence-electron chi connectivity index (χ0n) is 8.41. The van der Waals surface area contributed by atoms with Gasteiger partial charge in [-0.05, 0) is 32.9 Å². The van der Waals surface area contributed by atoms with Crippen LogP contribution in [0.3, 0.4) is 0 Å². The van der Waals surface area contributed by atoms with Crippen LogP contribution in [0.15, 0.2) is 30.3 Å². The van der Waals surface area contributed by atoms with Crippen molar-refractivity contribution in [2.45, 2.75) is 26.3 Å². The van der Waals surface area contributed by atoms with E-state index in [4.69, 9.17) is 5.84 Å². The highest BCUT2D eigenvalue weighted by Crippen LogP contribution is 2.19. The molecule has 0 aliphatic heterocycles. The number of hydrazine groups is 2. The van der Waals surface area contributed by atoms with E-state index in [-0.39, 0.29) is 5.54 Å². The summed E-state index contributed by atoms with van der Waals surface area (Å²) in [7, 11) is 0. The summed E-state index contributed by atoms with van der Waals surface area (Å²) in [4.78, 5) is 0. The predicted octanol–water partition coefficient (Wildman–Crippen LogP) is 1.67. The second kappa shape index (κ2) is 3.77. The number of nitrogens with one attached hydrogen (secondary N) is 1. The SMILES string of the molecule is CC(C)(C)N(NN)c1ccccc1. The third kappa shape index (κ3) is 2.44. The first-order valence-electron chi connectivity index (χ1n) is 4.37. The Balaban J connectivity index is 2.92. The summed E-state index contributed by atoms with van der Waals surface area (Å²) in [6, 6.07) is 10.0. The number of nitrogens with two attached hydrogens (primary N) is 1. The van der Waals surface area contributed by atoms with Crippen molar-refractivity contribution in [2.24, 2.45) is 5.84 Å². The Labute approximate surface area is 79.5 Å². The Morgan fingerprint density at radius 1 is 1.15 bits per heavy atom. The van der Waals surface area contributed by atoms with Crippen molar-refractivity contribution < 1.29 is 0 Å². The van der Waals surface area contributed by atoms with Gasteiger partial charge in [-0.15, -0.1) is 0 Å². The van der Waals surface area contributed by atoms with Gasteiger partial charge in [-0.2, -0.15) is 5.53 Å². The van der Waals surface area contributed by atoms with Gasteiger partial charge >= 0.3 is 0 Å². The molecule has 0 aromatic heterocycles. The lowest BCUT2D eigenvalue weighted by Gasteiger charge is -2.36. The Bertz CT molecular complexity index is 251. The average molecular weight is 179 g/mol. The van der Waals surface area contributed by atoms with Gasteiger partial charge in [0, 0.05) is 5.54 Å². The molecule has 0 bridgehead atoms. The van der Waals surface area contributed by atoms with Crippen LogP contribution >= 0.6 is 0 Å². The summed E-state index contributed by atoms with van der Waals surface area (Å²) in [6.07, 6.45) is 0. The highest BCUT2D eigenvalue weighted by molar-refractivity contribution is 5.46. The molecule has 72 valence electrons. The van der Waals surface area contributed by atoms with E-state index in [0.717, 1.165) is 5.69 Å². The van der Waals surface area contributed by atoms with E-state index < -0.39 is 0 Å². The normalized spacial score (nSPS) is 11.4. The fourth-order valence-electron chi connectivity index (χ4n) is 1.23. The van der Waals surface area contributed by atoms with Crippen LogP contribution in [-0.2, 0) is 0 Å². The van der Waals surface area contributed by atoms with Crippen LogP contribution in [0.4, 0.5) is 5.69 Å². The Morgan fingerprint density at radius 2 is 1.69 bits per heavy atom. The molecule has 3 N–H and O–H groups in total. The topological polar surface area (TPSA) is 41.3 Å². The largest absolute Gasteiger partial charge is 0.290 e. The maximum absolute atomic E-state index is 5.47. The molecular formula is C10H17N3. The van der Waals surface area contributed by atoms with E-state index in [1.165, 1.54) is 0 Å². The first kappa shape index (κ1) is 10.0. The number of nitrogens with zero attached hydrogens (tertiary/aromatic N) is 1. The van der Waals surface area contributed by atoms with Gasteiger partial charge in [-0.3, -0.25) is 10.9 Å². The molecule has 0 aliphatic rings. The summed E-state index contributed by atoms with van der Waals surface area (Å²) >= 11 is 0. The quantitative estimate of drug-likeness (QED) is 0.536. The van der Waals surface area contributed by atoms with E-state index in [2.05, 4.69) is 26.3 Å². The average Bonchev–Trinajstić information content (AvgIpc) is 2.05. The minimum atomic E-state index is -0.0316. The molecule has 1 rings (SSSR count). The van der Waals surface area contributed by atoms with Crippen molar-refractivity contribution in [1.29, 1.82) is 0 Å². The van der Waals surface area contributed by atoms with E-state index >= 15 is 0 Å². The summed E-state index contributed by atoms with van der Waals surface area (Å²) in [5.41, 5.74) is 3.73. The van der Waals surface area contributed by atoms with Crippen LogP contribution in [0, 0.1) is 0 Å². The fraction of sp³-hybridized carbons (Fsp3) is 0.400. The van der Waals surface area contributed by atoms with Crippen molar-refractivity contribution in [3.8, 4) is 0 Å². The molecule has 0 heterocycles. The molecule has 13 heavy (non-hydrogen) atoms. The zero-order chi connectivity index (χ0) is 9.90. The number of anilines is 1. The van der Waals surface area contributed by atoms with Gasteiger partial charge in [0.2, 0.25) is 0 Å². The van der Waals surface area contributed by atoms with Crippen molar-refractivity contribution in [3.63, 3.8) is 0 Å². The highest BCUT2D eigenvalue weighted by Gasteiger charge is 2.20. The number of benzene rings is 1. The smallest absolute Gasteiger partial charge is 0.0539 e. The fourth-order valence-corrected chi connectivity index (χ4v) is 1.23. The molecule has 1 aromatic rings. The molecular weight excluding hydrogens is 162 g/mol. The highest BCUT2D eigenvalue weighted by atomic mass is 15.6. The molecule has 0 aliphatic carbocycles. The molecule has 0 saturated carbocycles. The maximum atomic E-state index is 5.47. The number of rotatable bonds is 2. The van der Waals surface area contributed by atoms with Crippen molar-refractivity contribution in [1.82, 2.24) is 5.53 Å². The first-order valence-corrected chi connectivity index (χ1v) is 4.37. The maximum Gasteiger partial charge on any atom is 0.0539 e. The third-order valence-electron chi connectivity index (χ3n) is 1.81. The molecule has 0 saturated heterocycles. The Hall–Kier alpha value is -1.06. The molecule has 0 spiro atoms. The minimum absolute atomic E-state index is 0.0316. The lowest BCUT2D eigenvalue weighted by molar-refractivity contribution is 0.446. The molecule has 1 aromatic carbocycles. The van der Waals surface area contributed by atoms with Gasteiger partial charge in [-0.1, -0.05) is 18.2 Å². The zero-order valence-corrected chi connectivity index (χ0v) is 8.41. The van der Waals surface area contributed by atoms with E-state index in [1.54, 1.807) is 0 Å². The van der Waals surface area contributed by atoms with Gasteiger partial charge in [0.05, 0.1) is 5.69 Å². The summed E-state index contributed by atoms with van der Waals surface area (Å²) in [5.74, 6) is 5.47. The summed E-state index contributed by atoms with van der Waals surface area (Å²) in [5, 5.41) is 1.92. The van der Waals surface area contributed by atoms with Crippen molar-refractivity contribution >= 4 is 5.69 Å². The van der Waals surface area contributed by atoms with E-state index in [9.17, 15) is 0 Å². The Kier molecular flexibility index (Phi) is 2.90. The van der Waals surface area contributed by atoms with Crippen LogP contribution in [0.5, 0.6) is 0 Å². The van der Waals surface area contributed by atoms with Gasteiger partial charge in [0.1, 0.15) is 0 Å². The molecule has 0 atom stereocenters. The summed E-state index contributed by atoms with van der Waals surface area (Å²) < 4.78 is 0. The molecule has 0 amide bonds. The number of hydrogen-bond donors (Lipinski definition) is 2. The van der Waals surface area contributed by atoms with Crippen LogP contribution in [-0.4, -0.2) is 5.54 Å². The molecule has 0 unspecified atom stereocenters. The van der Waals surface area contributed by atoms with Gasteiger partial charge in [-0.25, -0.2) is 0 Å². The second-order valence-corrected chi connectivity index (χ2v) is 3.97. The van der Waals surface area contributed by atoms with Gasteiger partial charge in [0.25, 0.3) is 0 Å². The lowest BCUT2D eigenvalue weighted by atomic mass is 10.1. The molecule has 0 radical (unpaired) electrons. The van der Waals surface area contributed by atoms with Crippen LogP contribution in [0.1, 0.15) is 20.8 Å². The van der Waals surface area contributed by atoms with Crippen LogP contribution in [0.25, 0.3) is 0 Å². The third-order valence-corrected chi connectivity index (χ3v) is 1.81. The molecule has 3 heteroatoms. The lowest BCUT2D eigenvalue weighted by Crippen LogP contribution is -2.54. The number of para-hydroxylation sites is 1. The number of hydrogen-bond acceptors (Lipinski definition) is 3. The monoisotopic (exact) mass is 179 g/mol. The van der Waals surface area contributed by atoms with Gasteiger partial charge < -0.3 is 0 Å². The van der Waals surface area contributed by atoms with Gasteiger partial charge in [0.15, 0.2) is 0 Å². The molecule has 3 nitrogen and oxygen atoms in total. The van der Waals surface area contributed by atoms with Crippen molar-refractivity contribution in [3.05, 3.63) is 30.3 Å². The Morgan fingerprint density at radius 3 is 2.08 bits per heavy atom. The van der Waals surface area contributed by atoms with Crippen molar-refractivity contribution in [2.75, 3.05) is 5.01 Å². The first-order chi connectivity index (χ1) is 6.05. The minimum Gasteiger partial charge on any atom is -0.290 e. The standard InChI is InChI=1S/C10H17N3/c1-10(2,3)13(12-11)9-7-5-4-6-8-9/h4-8,12H,11H2,1-3H3. The van der Waals surface area contributed by atoms with Crippen LogP contribution in [0.2, 0.25) is 0 Å². The predicted molar refractivity (Wildman–Crippen MR) is 56.0 cm³/mol. The molecule has 0 fully saturated rings. The van der Waals surface area contributed by atoms with Crippen LogP contribution < -0.4 is 16.4 Å². The summed E-state index contributed by atoms with van der Waals surface area (Å²) in [6.45, 7) is 6.29. The van der Waals surface area contributed by atoms with E-state index in [0.29, 0.717) is 0 Å².